The van der Waals surface area contributed by atoms with Gasteiger partial charge >= 0.3 is 0 Å². The van der Waals surface area contributed by atoms with Gasteiger partial charge in [0.15, 0.2) is 0 Å². The summed E-state index contributed by atoms with van der Waals surface area (Å²) in [7, 11) is 1.46. The second kappa shape index (κ2) is 9.26. The maximum Gasteiger partial charge on any atom is 0.243 e. The summed E-state index contributed by atoms with van der Waals surface area (Å²) in [6, 6.07) is 13.6. The van der Waals surface area contributed by atoms with E-state index in [-0.39, 0.29) is 25.3 Å². The van der Waals surface area contributed by atoms with Gasteiger partial charge in [-0.2, -0.15) is 0 Å². The lowest BCUT2D eigenvalue weighted by molar-refractivity contribution is -0.131. The quantitative estimate of drug-likeness (QED) is 0.484. The predicted octanol–water partition coefficient (Wildman–Crippen LogP) is 1.05. The molecule has 0 aliphatic carbocycles. The van der Waals surface area contributed by atoms with E-state index >= 15 is 0 Å². The maximum atomic E-state index is 12.4. The van der Waals surface area contributed by atoms with Crippen molar-refractivity contribution in [2.75, 3.05) is 13.6 Å². The van der Waals surface area contributed by atoms with Crippen molar-refractivity contribution in [2.45, 2.75) is 12.8 Å². The van der Waals surface area contributed by atoms with E-state index < -0.39 is 17.7 Å². The Balaban J connectivity index is 2.15. The van der Waals surface area contributed by atoms with Gasteiger partial charge in [0.05, 0.1) is 17.7 Å². The number of carbonyl (C=O) groups is 3. The van der Waals surface area contributed by atoms with Gasteiger partial charge < -0.3 is 10.6 Å². The van der Waals surface area contributed by atoms with Gasteiger partial charge in [-0.15, -0.1) is 4.91 Å². The molecule has 8 heteroatoms. The molecule has 0 aliphatic rings. The summed E-state index contributed by atoms with van der Waals surface area (Å²) in [5.74, 6) is -2.17. The van der Waals surface area contributed by atoms with Crippen LogP contribution in [0.4, 0.5) is 0 Å². The topological polar surface area (TPSA) is 117 Å². The number of nitroso groups, excluding NO2 is 1. The van der Waals surface area contributed by atoms with E-state index in [9.17, 15) is 19.3 Å². The number of likely N-dealkylation sites (N-methyl/N-ethyl adjacent to an activating group) is 1. The Morgan fingerprint density at radius 1 is 1.04 bits per heavy atom. The Labute approximate surface area is 150 Å². The standard InChI is InChI=1S/C18H20N4O4/c1-19-17(24)11-20-18(25)15(10-16(23)21-22-26)9-12-6-7-13-4-2-3-5-14(13)8-12/h2-8,15H,9-11H2,1H3,(H,19,24)(H,20,25)(H,21,23,26). The molecule has 0 saturated carbocycles. The minimum atomic E-state index is -0.734. The van der Waals surface area contributed by atoms with Gasteiger partial charge in [0.2, 0.25) is 17.7 Å². The minimum absolute atomic E-state index is 0.183. The van der Waals surface area contributed by atoms with Gasteiger partial charge in [0.1, 0.15) is 0 Å². The van der Waals surface area contributed by atoms with Crippen LogP contribution in [0.15, 0.2) is 47.8 Å². The molecule has 0 heterocycles. The van der Waals surface area contributed by atoms with Crippen LogP contribution in [0.5, 0.6) is 0 Å². The van der Waals surface area contributed by atoms with Gasteiger partial charge in [-0.05, 0) is 22.8 Å². The summed E-state index contributed by atoms with van der Waals surface area (Å²) in [6.07, 6.45) is 0.0782. The third-order valence-corrected chi connectivity index (χ3v) is 3.97. The van der Waals surface area contributed by atoms with Crippen LogP contribution in [0, 0.1) is 10.8 Å². The van der Waals surface area contributed by atoms with Crippen LogP contribution < -0.4 is 16.1 Å². The highest BCUT2D eigenvalue weighted by Gasteiger charge is 2.23. The van der Waals surface area contributed by atoms with E-state index in [1.54, 1.807) is 5.43 Å². The zero-order valence-corrected chi connectivity index (χ0v) is 14.3. The molecule has 1 atom stereocenters. The van der Waals surface area contributed by atoms with E-state index in [0.717, 1.165) is 16.3 Å². The minimum Gasteiger partial charge on any atom is -0.358 e. The van der Waals surface area contributed by atoms with Gasteiger partial charge in [0, 0.05) is 13.5 Å². The van der Waals surface area contributed by atoms with Gasteiger partial charge in [-0.3, -0.25) is 14.4 Å². The summed E-state index contributed by atoms with van der Waals surface area (Å²) in [6.45, 7) is -0.183. The van der Waals surface area contributed by atoms with Crippen LogP contribution in [-0.4, -0.2) is 31.3 Å². The lowest BCUT2D eigenvalue weighted by Gasteiger charge is -2.16. The van der Waals surface area contributed by atoms with Gasteiger partial charge in [0.25, 0.3) is 0 Å². The monoisotopic (exact) mass is 356 g/mol. The van der Waals surface area contributed by atoms with Crippen molar-refractivity contribution in [3.05, 3.63) is 52.9 Å². The molecule has 2 aromatic carbocycles. The van der Waals surface area contributed by atoms with Crippen molar-refractivity contribution < 1.29 is 14.4 Å². The van der Waals surface area contributed by atoms with E-state index in [2.05, 4.69) is 15.9 Å². The third-order valence-electron chi connectivity index (χ3n) is 3.97. The Hall–Kier alpha value is -3.29. The molecular formula is C18H20N4O4. The fourth-order valence-electron chi connectivity index (χ4n) is 2.63. The molecule has 0 aliphatic heterocycles. The summed E-state index contributed by atoms with van der Waals surface area (Å²) in [4.78, 5) is 45.6. The van der Waals surface area contributed by atoms with Crippen molar-refractivity contribution in [1.29, 1.82) is 0 Å². The molecule has 0 bridgehead atoms. The van der Waals surface area contributed by atoms with E-state index in [1.165, 1.54) is 7.05 Å². The second-order valence-electron chi connectivity index (χ2n) is 5.80. The smallest absolute Gasteiger partial charge is 0.243 e. The second-order valence-corrected chi connectivity index (χ2v) is 5.80. The Bertz CT molecular complexity index is 822. The molecule has 0 aromatic heterocycles. The lowest BCUT2D eigenvalue weighted by Crippen LogP contribution is -2.40. The van der Waals surface area contributed by atoms with Crippen LogP contribution in [0.2, 0.25) is 0 Å². The zero-order valence-electron chi connectivity index (χ0n) is 14.3. The number of rotatable bonds is 8. The first-order valence-corrected chi connectivity index (χ1v) is 8.10. The molecule has 0 spiro atoms. The van der Waals surface area contributed by atoms with E-state index in [4.69, 9.17) is 0 Å². The molecule has 8 nitrogen and oxygen atoms in total. The van der Waals surface area contributed by atoms with Crippen molar-refractivity contribution in [1.82, 2.24) is 16.1 Å². The number of nitrogens with one attached hydrogen (secondary N) is 3. The van der Waals surface area contributed by atoms with Crippen LogP contribution in [0.25, 0.3) is 10.8 Å². The van der Waals surface area contributed by atoms with Crippen LogP contribution in [0.1, 0.15) is 12.0 Å². The lowest BCUT2D eigenvalue weighted by atomic mass is 9.93. The fraction of sp³-hybridized carbons (Fsp3) is 0.278. The number of hydrogen-bond donors (Lipinski definition) is 3. The predicted molar refractivity (Wildman–Crippen MR) is 96.8 cm³/mol. The Morgan fingerprint density at radius 2 is 1.77 bits per heavy atom. The van der Waals surface area contributed by atoms with Gasteiger partial charge in [-0.1, -0.05) is 42.5 Å². The van der Waals surface area contributed by atoms with Crippen molar-refractivity contribution in [3.63, 3.8) is 0 Å². The Kier molecular flexibility index (Phi) is 6.78. The van der Waals surface area contributed by atoms with E-state index in [1.807, 2.05) is 42.5 Å². The maximum absolute atomic E-state index is 12.4. The normalized spacial score (nSPS) is 11.4. The zero-order chi connectivity index (χ0) is 18.9. The number of amides is 3. The molecule has 2 rings (SSSR count). The van der Waals surface area contributed by atoms with Crippen molar-refractivity contribution in [2.24, 2.45) is 11.2 Å². The number of hydrogen-bond acceptors (Lipinski definition) is 5. The highest BCUT2D eigenvalue weighted by atomic mass is 16.3. The first-order chi connectivity index (χ1) is 12.5. The average Bonchev–Trinajstić information content (AvgIpc) is 2.65. The molecule has 0 fully saturated rings. The summed E-state index contributed by atoms with van der Waals surface area (Å²) in [5.41, 5.74) is 2.66. The number of benzene rings is 2. The molecule has 1 unspecified atom stereocenters. The molecular weight excluding hydrogens is 336 g/mol. The molecule has 3 N–H and O–H groups in total. The van der Waals surface area contributed by atoms with Crippen molar-refractivity contribution in [3.8, 4) is 0 Å². The molecule has 26 heavy (non-hydrogen) atoms. The molecule has 2 aromatic rings. The third kappa shape index (κ3) is 5.37. The molecule has 0 radical (unpaired) electrons. The number of fused-ring (bicyclic) bond motifs is 1. The van der Waals surface area contributed by atoms with E-state index in [0.29, 0.717) is 0 Å². The first kappa shape index (κ1) is 19.0. The summed E-state index contributed by atoms with van der Waals surface area (Å²) < 4.78 is 0. The summed E-state index contributed by atoms with van der Waals surface area (Å²) >= 11 is 0. The molecule has 136 valence electrons. The highest BCUT2D eigenvalue weighted by Crippen LogP contribution is 2.19. The van der Waals surface area contributed by atoms with Crippen LogP contribution >= 0.6 is 0 Å². The van der Waals surface area contributed by atoms with Crippen molar-refractivity contribution >= 4 is 28.5 Å². The highest BCUT2D eigenvalue weighted by molar-refractivity contribution is 5.89. The average molecular weight is 356 g/mol. The SMILES string of the molecule is CNC(=O)CNC(=O)C(CC(=O)NN=O)Cc1ccc2ccccc2c1. The largest absolute Gasteiger partial charge is 0.358 e. The Morgan fingerprint density at radius 3 is 2.46 bits per heavy atom. The number of carbonyl (C=O) groups excluding carboxylic acids is 3. The van der Waals surface area contributed by atoms with Crippen LogP contribution in [0.3, 0.4) is 0 Å². The van der Waals surface area contributed by atoms with Crippen LogP contribution in [-0.2, 0) is 20.8 Å². The first-order valence-electron chi connectivity index (χ1n) is 8.10. The fourth-order valence-corrected chi connectivity index (χ4v) is 2.63. The summed E-state index contributed by atoms with van der Waals surface area (Å²) in [5, 5.41) is 9.33. The number of nitrogens with zero attached hydrogens (tertiary/aromatic N) is 1. The van der Waals surface area contributed by atoms with Gasteiger partial charge in [-0.25, -0.2) is 5.43 Å². The molecule has 0 saturated heterocycles. The molecule has 3 amide bonds.